The Morgan fingerprint density at radius 2 is 2.36 bits per heavy atom. The second-order valence-corrected chi connectivity index (χ2v) is 3.08. The molecule has 0 heterocycles. The number of phenols is 1. The summed E-state index contributed by atoms with van der Waals surface area (Å²) in [5.74, 6) is -0.396. The Labute approximate surface area is 86.4 Å². The van der Waals surface area contributed by atoms with Crippen molar-refractivity contribution in [2.45, 2.75) is 0 Å². The number of carbonyl (C=O) groups is 1. The Balaban J connectivity index is 2.72. The Kier molecular flexibility index (Phi) is 3.73. The lowest BCUT2D eigenvalue weighted by atomic mass is 10.3. The molecule has 0 aliphatic heterocycles. The number of halogens is 1. The minimum Gasteiger partial charge on any atom is -0.506 e. The van der Waals surface area contributed by atoms with E-state index in [1.165, 1.54) is 19.2 Å². The average Bonchev–Trinajstić information content (AvgIpc) is 2.10. The Morgan fingerprint density at radius 3 is 2.93 bits per heavy atom. The van der Waals surface area contributed by atoms with Gasteiger partial charge < -0.3 is 15.2 Å². The van der Waals surface area contributed by atoms with Crippen molar-refractivity contribution < 1.29 is 14.6 Å². The fourth-order valence-electron chi connectivity index (χ4n) is 0.928. The van der Waals surface area contributed by atoms with Gasteiger partial charge in [-0.3, -0.25) is 4.79 Å². The normalized spacial score (nSPS) is 9.86. The summed E-state index contributed by atoms with van der Waals surface area (Å²) in [4.78, 5) is 11.1. The van der Waals surface area contributed by atoms with Crippen LogP contribution in [0.25, 0.3) is 0 Å². The van der Waals surface area contributed by atoms with Gasteiger partial charge in [-0.05, 0) is 12.1 Å². The molecular formula is C9H10ClNO3. The first kappa shape index (κ1) is 10.8. The van der Waals surface area contributed by atoms with E-state index in [0.717, 1.165) is 0 Å². The molecule has 14 heavy (non-hydrogen) atoms. The van der Waals surface area contributed by atoms with E-state index in [4.69, 9.17) is 11.6 Å². The summed E-state index contributed by atoms with van der Waals surface area (Å²) in [5.41, 5.74) is 0.316. The topological polar surface area (TPSA) is 58.6 Å². The third-order valence-electron chi connectivity index (χ3n) is 1.51. The van der Waals surface area contributed by atoms with E-state index in [0.29, 0.717) is 10.7 Å². The number of aromatic hydroxyl groups is 1. The van der Waals surface area contributed by atoms with E-state index >= 15 is 0 Å². The lowest BCUT2D eigenvalue weighted by Gasteiger charge is -2.06. The number of nitrogens with one attached hydrogen (secondary N) is 1. The van der Waals surface area contributed by atoms with Crippen molar-refractivity contribution in [3.63, 3.8) is 0 Å². The zero-order valence-corrected chi connectivity index (χ0v) is 8.34. The Hall–Kier alpha value is -1.26. The van der Waals surface area contributed by atoms with E-state index in [-0.39, 0.29) is 18.3 Å². The summed E-state index contributed by atoms with van der Waals surface area (Å²) >= 11 is 5.62. The molecule has 5 heteroatoms. The van der Waals surface area contributed by atoms with Gasteiger partial charge >= 0.3 is 0 Å². The number of carbonyl (C=O) groups excluding carboxylic acids is 1. The largest absolute Gasteiger partial charge is 0.506 e. The predicted molar refractivity (Wildman–Crippen MR) is 53.6 cm³/mol. The van der Waals surface area contributed by atoms with Crippen LogP contribution >= 0.6 is 11.6 Å². The van der Waals surface area contributed by atoms with Crippen molar-refractivity contribution in [3.8, 4) is 5.75 Å². The monoisotopic (exact) mass is 215 g/mol. The second kappa shape index (κ2) is 4.83. The highest BCUT2D eigenvalue weighted by Gasteiger charge is 2.05. The van der Waals surface area contributed by atoms with Gasteiger partial charge in [0.05, 0.1) is 5.69 Å². The van der Waals surface area contributed by atoms with Gasteiger partial charge in [-0.15, -0.1) is 0 Å². The van der Waals surface area contributed by atoms with Gasteiger partial charge in [-0.25, -0.2) is 0 Å². The van der Waals surface area contributed by atoms with E-state index in [1.54, 1.807) is 6.07 Å². The number of phenolic OH excluding ortho intramolecular Hbond substituents is 1. The number of hydrogen-bond acceptors (Lipinski definition) is 3. The number of hydrogen-bond donors (Lipinski definition) is 2. The number of rotatable bonds is 3. The quantitative estimate of drug-likeness (QED) is 0.754. The summed E-state index contributed by atoms with van der Waals surface area (Å²) in [6.07, 6.45) is 0. The SMILES string of the molecule is COCC(=O)Nc1ccc(Cl)cc1O. The highest BCUT2D eigenvalue weighted by molar-refractivity contribution is 6.30. The van der Waals surface area contributed by atoms with Crippen LogP contribution in [0.3, 0.4) is 0 Å². The van der Waals surface area contributed by atoms with Crippen LogP contribution in [0.4, 0.5) is 5.69 Å². The third kappa shape index (κ3) is 2.90. The number of benzene rings is 1. The maximum atomic E-state index is 11.1. The maximum Gasteiger partial charge on any atom is 0.250 e. The molecule has 0 unspecified atom stereocenters. The van der Waals surface area contributed by atoms with Crippen LogP contribution in [0, 0.1) is 0 Å². The molecule has 0 aliphatic rings. The molecule has 76 valence electrons. The Bertz CT molecular complexity index is 341. The molecule has 0 aromatic heterocycles. The number of anilines is 1. The highest BCUT2D eigenvalue weighted by Crippen LogP contribution is 2.26. The van der Waals surface area contributed by atoms with Crippen molar-refractivity contribution >= 4 is 23.2 Å². The van der Waals surface area contributed by atoms with Crippen LogP contribution in [0.15, 0.2) is 18.2 Å². The summed E-state index contributed by atoms with van der Waals surface area (Å²) in [6, 6.07) is 4.44. The molecule has 1 aromatic carbocycles. The Morgan fingerprint density at radius 1 is 1.64 bits per heavy atom. The molecule has 0 radical (unpaired) electrons. The van der Waals surface area contributed by atoms with Gasteiger partial charge in [-0.2, -0.15) is 0 Å². The zero-order chi connectivity index (χ0) is 10.6. The van der Waals surface area contributed by atoms with Crippen LogP contribution in [-0.2, 0) is 9.53 Å². The van der Waals surface area contributed by atoms with Crippen molar-refractivity contribution in [1.29, 1.82) is 0 Å². The zero-order valence-electron chi connectivity index (χ0n) is 7.58. The molecule has 2 N–H and O–H groups in total. The molecule has 1 amide bonds. The number of ether oxygens (including phenoxy) is 1. The summed E-state index contributed by atoms with van der Waals surface area (Å²) < 4.78 is 4.62. The molecule has 4 nitrogen and oxygen atoms in total. The lowest BCUT2D eigenvalue weighted by Crippen LogP contribution is -2.17. The smallest absolute Gasteiger partial charge is 0.250 e. The third-order valence-corrected chi connectivity index (χ3v) is 1.74. The molecule has 0 aliphatic carbocycles. The highest BCUT2D eigenvalue weighted by atomic mass is 35.5. The van der Waals surface area contributed by atoms with Gasteiger partial charge in [0.2, 0.25) is 5.91 Å². The molecule has 0 fully saturated rings. The van der Waals surface area contributed by atoms with Gasteiger partial charge in [0.15, 0.2) is 0 Å². The van der Waals surface area contributed by atoms with Crippen molar-refractivity contribution in [2.24, 2.45) is 0 Å². The van der Waals surface area contributed by atoms with E-state index < -0.39 is 0 Å². The molecule has 0 saturated carbocycles. The molecular weight excluding hydrogens is 206 g/mol. The van der Waals surface area contributed by atoms with Crippen molar-refractivity contribution in [2.75, 3.05) is 19.0 Å². The summed E-state index contributed by atoms with van der Waals surface area (Å²) in [7, 11) is 1.42. The lowest BCUT2D eigenvalue weighted by molar-refractivity contribution is -0.119. The predicted octanol–water partition coefficient (Wildman–Crippen LogP) is 1.63. The first-order chi connectivity index (χ1) is 6.63. The minimum absolute atomic E-state index is 0.0535. The maximum absolute atomic E-state index is 11.1. The molecule has 1 aromatic rings. The fourth-order valence-corrected chi connectivity index (χ4v) is 1.09. The molecule has 0 bridgehead atoms. The van der Waals surface area contributed by atoms with Crippen LogP contribution in [0.2, 0.25) is 5.02 Å². The number of amides is 1. The van der Waals surface area contributed by atoms with Crippen LogP contribution in [0.5, 0.6) is 5.75 Å². The fraction of sp³-hybridized carbons (Fsp3) is 0.222. The van der Waals surface area contributed by atoms with Gasteiger partial charge in [0.1, 0.15) is 12.4 Å². The van der Waals surface area contributed by atoms with Gasteiger partial charge in [0, 0.05) is 18.2 Å². The number of methoxy groups -OCH3 is 1. The van der Waals surface area contributed by atoms with Gasteiger partial charge in [0.25, 0.3) is 0 Å². The first-order valence-electron chi connectivity index (χ1n) is 3.91. The van der Waals surface area contributed by atoms with Crippen LogP contribution in [0.1, 0.15) is 0 Å². The molecule has 1 rings (SSSR count). The molecule has 0 atom stereocenters. The van der Waals surface area contributed by atoms with Crippen molar-refractivity contribution in [1.82, 2.24) is 0 Å². The summed E-state index contributed by atoms with van der Waals surface area (Å²) in [5, 5.41) is 12.2. The second-order valence-electron chi connectivity index (χ2n) is 2.64. The van der Waals surface area contributed by atoms with Gasteiger partial charge in [-0.1, -0.05) is 11.6 Å². The van der Waals surface area contributed by atoms with E-state index in [1.807, 2.05) is 0 Å². The minimum atomic E-state index is -0.329. The van der Waals surface area contributed by atoms with E-state index in [2.05, 4.69) is 10.1 Å². The average molecular weight is 216 g/mol. The van der Waals surface area contributed by atoms with E-state index in [9.17, 15) is 9.90 Å². The standard InChI is InChI=1S/C9H10ClNO3/c1-14-5-9(13)11-7-3-2-6(10)4-8(7)12/h2-4,12H,5H2,1H3,(H,11,13). The van der Waals surface area contributed by atoms with Crippen molar-refractivity contribution in [3.05, 3.63) is 23.2 Å². The molecule has 0 spiro atoms. The van der Waals surface area contributed by atoms with Crippen LogP contribution in [-0.4, -0.2) is 24.7 Å². The first-order valence-corrected chi connectivity index (χ1v) is 4.28. The molecule has 0 saturated heterocycles. The summed E-state index contributed by atoms with van der Waals surface area (Å²) in [6.45, 7) is -0.0535. The van der Waals surface area contributed by atoms with Crippen LogP contribution < -0.4 is 5.32 Å².